The lowest BCUT2D eigenvalue weighted by molar-refractivity contribution is -0.231. The average molecular weight is 456 g/mol. The largest absolute Gasteiger partial charge is 0.383 e. The van der Waals surface area contributed by atoms with Gasteiger partial charge in [0.25, 0.3) is 0 Å². The number of benzene rings is 1. The highest BCUT2D eigenvalue weighted by molar-refractivity contribution is 5.82. The van der Waals surface area contributed by atoms with Gasteiger partial charge in [-0.1, -0.05) is 0 Å². The third-order valence-corrected chi connectivity index (χ3v) is 5.24. The Balaban J connectivity index is 1.58. The Kier molecular flexibility index (Phi) is 6.63. The maximum atomic E-state index is 13.5. The van der Waals surface area contributed by atoms with E-state index in [0.29, 0.717) is 41.6 Å². The van der Waals surface area contributed by atoms with Gasteiger partial charge in [0.15, 0.2) is 5.82 Å². The number of nitrogen functional groups attached to an aromatic ring is 1. The molecule has 1 saturated heterocycles. The van der Waals surface area contributed by atoms with Crippen LogP contribution in [-0.2, 0) is 19.0 Å². The maximum absolute atomic E-state index is 13.5. The molecule has 1 aliphatic rings. The number of carbonyl (C=O) groups is 1. The van der Waals surface area contributed by atoms with Crippen LogP contribution in [0.2, 0.25) is 0 Å². The van der Waals surface area contributed by atoms with E-state index in [2.05, 4.69) is 25.3 Å². The number of nitrogens with zero attached hydrogens (tertiary/aromatic N) is 3. The van der Waals surface area contributed by atoms with Crippen molar-refractivity contribution in [2.24, 2.45) is 5.41 Å². The van der Waals surface area contributed by atoms with Crippen molar-refractivity contribution >= 4 is 11.9 Å². The lowest BCUT2D eigenvalue weighted by atomic mass is 9.91. The number of aromatic amines is 1. The second kappa shape index (κ2) is 9.61. The SMILES string of the molecule is COCCNC(=O)C1(C)COC(c2nc(-c3ccc(F)cc3)c(-c3ccnc(N)n3)[nH]2)OC1. The predicted octanol–water partition coefficient (Wildman–Crippen LogP) is 2.07. The van der Waals surface area contributed by atoms with E-state index < -0.39 is 11.7 Å². The number of imidazole rings is 1. The Morgan fingerprint density at radius 3 is 2.67 bits per heavy atom. The van der Waals surface area contributed by atoms with Crippen molar-refractivity contribution in [2.75, 3.05) is 39.2 Å². The fourth-order valence-corrected chi connectivity index (χ4v) is 3.40. The molecule has 3 heterocycles. The second-order valence-corrected chi connectivity index (χ2v) is 7.92. The number of methoxy groups -OCH3 is 1. The minimum absolute atomic E-state index is 0.106. The first kappa shape index (κ1) is 22.8. The highest BCUT2D eigenvalue weighted by Crippen LogP contribution is 2.35. The molecule has 1 amide bonds. The molecule has 0 spiro atoms. The molecule has 0 unspecified atom stereocenters. The van der Waals surface area contributed by atoms with Gasteiger partial charge in [0.1, 0.15) is 5.82 Å². The van der Waals surface area contributed by atoms with Gasteiger partial charge in [0.2, 0.25) is 18.1 Å². The molecule has 1 aliphatic heterocycles. The number of hydrogen-bond acceptors (Lipinski definition) is 8. The standard InChI is InChI=1S/C22H25FN6O4/c1-22(20(30)25-9-10-31-2)11-32-19(33-12-22)18-28-16(13-3-5-14(23)6-4-13)17(29-18)15-7-8-26-21(24)27-15/h3-8,19H,9-12H2,1-2H3,(H,25,30)(H,28,29)(H2,24,26,27). The summed E-state index contributed by atoms with van der Waals surface area (Å²) in [5, 5.41) is 2.81. The Morgan fingerprint density at radius 1 is 1.27 bits per heavy atom. The van der Waals surface area contributed by atoms with Crippen LogP contribution in [-0.4, -0.2) is 59.3 Å². The number of aromatic nitrogens is 4. The van der Waals surface area contributed by atoms with Crippen LogP contribution in [0.15, 0.2) is 36.5 Å². The molecule has 174 valence electrons. The summed E-state index contributed by atoms with van der Waals surface area (Å²) < 4.78 is 30.2. The summed E-state index contributed by atoms with van der Waals surface area (Å²) in [6, 6.07) is 7.62. The van der Waals surface area contributed by atoms with Crippen molar-refractivity contribution in [2.45, 2.75) is 13.2 Å². The van der Waals surface area contributed by atoms with E-state index in [1.54, 1.807) is 32.2 Å². The van der Waals surface area contributed by atoms with Gasteiger partial charge in [-0.2, -0.15) is 0 Å². The van der Waals surface area contributed by atoms with Gasteiger partial charge in [0, 0.05) is 25.4 Å². The highest BCUT2D eigenvalue weighted by atomic mass is 19.1. The van der Waals surface area contributed by atoms with E-state index in [1.165, 1.54) is 18.3 Å². The van der Waals surface area contributed by atoms with E-state index in [9.17, 15) is 9.18 Å². The smallest absolute Gasteiger partial charge is 0.230 e. The molecule has 10 nitrogen and oxygen atoms in total. The van der Waals surface area contributed by atoms with Crippen molar-refractivity contribution in [3.8, 4) is 22.6 Å². The van der Waals surface area contributed by atoms with E-state index in [-0.39, 0.29) is 30.9 Å². The van der Waals surface area contributed by atoms with E-state index in [4.69, 9.17) is 19.9 Å². The highest BCUT2D eigenvalue weighted by Gasteiger charge is 2.40. The van der Waals surface area contributed by atoms with Gasteiger partial charge in [-0.3, -0.25) is 4.79 Å². The molecule has 4 rings (SSSR count). The van der Waals surface area contributed by atoms with Crippen LogP contribution in [0.4, 0.5) is 10.3 Å². The van der Waals surface area contributed by atoms with Crippen LogP contribution < -0.4 is 11.1 Å². The first-order valence-corrected chi connectivity index (χ1v) is 10.3. The Labute approximate surface area is 189 Å². The van der Waals surface area contributed by atoms with Crippen molar-refractivity contribution in [3.05, 3.63) is 48.2 Å². The fraction of sp³-hybridized carbons (Fsp3) is 0.364. The van der Waals surface area contributed by atoms with Crippen molar-refractivity contribution in [1.29, 1.82) is 0 Å². The minimum atomic E-state index is -0.847. The van der Waals surface area contributed by atoms with Gasteiger partial charge in [0.05, 0.1) is 42.3 Å². The van der Waals surface area contributed by atoms with Gasteiger partial charge >= 0.3 is 0 Å². The lowest BCUT2D eigenvalue weighted by Gasteiger charge is -2.35. The van der Waals surface area contributed by atoms with Gasteiger partial charge in [-0.15, -0.1) is 0 Å². The number of nitrogens with one attached hydrogen (secondary N) is 2. The molecule has 0 bridgehead atoms. The maximum Gasteiger partial charge on any atom is 0.230 e. The van der Waals surface area contributed by atoms with E-state index in [0.717, 1.165) is 0 Å². The van der Waals surface area contributed by atoms with Gasteiger partial charge in [-0.25, -0.2) is 19.3 Å². The molecule has 3 aromatic rings. The zero-order valence-electron chi connectivity index (χ0n) is 18.3. The van der Waals surface area contributed by atoms with Crippen LogP contribution in [0.25, 0.3) is 22.6 Å². The molecule has 11 heteroatoms. The van der Waals surface area contributed by atoms with Crippen LogP contribution in [0, 0.1) is 11.2 Å². The lowest BCUT2D eigenvalue weighted by Crippen LogP contribution is -2.49. The topological polar surface area (TPSA) is 137 Å². The number of halogens is 1. The van der Waals surface area contributed by atoms with Gasteiger partial charge < -0.3 is 30.2 Å². The first-order chi connectivity index (χ1) is 15.9. The quantitative estimate of drug-likeness (QED) is 0.460. The number of anilines is 1. The molecule has 0 saturated carbocycles. The number of nitrogens with two attached hydrogens (primary N) is 1. The fourth-order valence-electron chi connectivity index (χ4n) is 3.40. The number of amides is 1. The Bertz CT molecular complexity index is 1110. The summed E-state index contributed by atoms with van der Waals surface area (Å²) >= 11 is 0. The van der Waals surface area contributed by atoms with Crippen LogP contribution in [0.3, 0.4) is 0 Å². The van der Waals surface area contributed by atoms with Crippen molar-refractivity contribution < 1.29 is 23.4 Å². The number of rotatable bonds is 7. The molecule has 33 heavy (non-hydrogen) atoms. The number of hydrogen-bond donors (Lipinski definition) is 3. The molecule has 0 radical (unpaired) electrons. The number of ether oxygens (including phenoxy) is 3. The molecule has 1 aromatic carbocycles. The number of carbonyl (C=O) groups excluding carboxylic acids is 1. The van der Waals surface area contributed by atoms with Crippen molar-refractivity contribution in [3.63, 3.8) is 0 Å². The minimum Gasteiger partial charge on any atom is -0.383 e. The summed E-state index contributed by atoms with van der Waals surface area (Å²) in [5.41, 5.74) is 7.18. The molecule has 1 fully saturated rings. The Morgan fingerprint density at radius 2 is 2.00 bits per heavy atom. The molecule has 0 atom stereocenters. The zero-order chi connectivity index (χ0) is 23.4. The first-order valence-electron chi connectivity index (χ1n) is 10.3. The molecular weight excluding hydrogens is 431 g/mol. The number of H-pyrrole nitrogens is 1. The normalized spacial score (nSPS) is 20.5. The zero-order valence-corrected chi connectivity index (χ0v) is 18.3. The van der Waals surface area contributed by atoms with E-state index >= 15 is 0 Å². The van der Waals surface area contributed by atoms with Crippen LogP contribution >= 0.6 is 0 Å². The molecule has 0 aliphatic carbocycles. The second-order valence-electron chi connectivity index (χ2n) is 7.92. The third kappa shape index (κ3) is 5.00. The molecular formula is C22H25FN6O4. The summed E-state index contributed by atoms with van der Waals surface area (Å²) in [5.74, 6) is -0.0385. The molecule has 2 aromatic heterocycles. The summed E-state index contributed by atoms with van der Waals surface area (Å²) in [7, 11) is 1.57. The summed E-state index contributed by atoms with van der Waals surface area (Å²) in [6.07, 6.45) is 0.713. The van der Waals surface area contributed by atoms with Gasteiger partial charge in [-0.05, 0) is 37.3 Å². The van der Waals surface area contributed by atoms with E-state index in [1.807, 2.05) is 0 Å². The van der Waals surface area contributed by atoms with Crippen LogP contribution in [0.1, 0.15) is 19.0 Å². The van der Waals surface area contributed by atoms with Crippen LogP contribution in [0.5, 0.6) is 0 Å². The monoisotopic (exact) mass is 456 g/mol. The van der Waals surface area contributed by atoms with Crippen molar-refractivity contribution in [1.82, 2.24) is 25.3 Å². The average Bonchev–Trinajstić information content (AvgIpc) is 3.25. The third-order valence-electron chi connectivity index (χ3n) is 5.24. The Hall–Kier alpha value is -3.41. The summed E-state index contributed by atoms with van der Waals surface area (Å²) in [6.45, 7) is 2.87. The molecule has 4 N–H and O–H groups in total. The summed E-state index contributed by atoms with van der Waals surface area (Å²) in [4.78, 5) is 28.5. The predicted molar refractivity (Wildman–Crippen MR) is 117 cm³/mol.